The molecule has 0 saturated carbocycles. The molecule has 0 N–H and O–H groups in total. The van der Waals surface area contributed by atoms with Crippen LogP contribution in [0.1, 0.15) is 96.0 Å². The topological polar surface area (TPSA) is 18.5 Å². The summed E-state index contributed by atoms with van der Waals surface area (Å²) >= 11 is 0. The molecule has 0 heterocycles. The quantitative estimate of drug-likeness (QED) is 0.506. The van der Waals surface area contributed by atoms with Crippen LogP contribution in [0.2, 0.25) is 0 Å². The second-order valence-electron chi connectivity index (χ2n) is 8.13. The summed E-state index contributed by atoms with van der Waals surface area (Å²) in [6.07, 6.45) is 20.0. The first-order valence-corrected chi connectivity index (χ1v) is 11.2. The number of allylic oxidation sites excluding steroid dienone is 2. The maximum absolute atomic E-state index is 6.31. The predicted molar refractivity (Wildman–Crippen MR) is 115 cm³/mol. The summed E-state index contributed by atoms with van der Waals surface area (Å²) in [5, 5.41) is 0. The maximum Gasteiger partial charge on any atom is 0.118 e. The first kappa shape index (κ1) is 22.0. The lowest BCUT2D eigenvalue weighted by Crippen LogP contribution is -2.13. The average molecular weight is 373 g/mol. The van der Waals surface area contributed by atoms with Crippen molar-refractivity contribution in [1.82, 2.24) is 0 Å². The lowest BCUT2D eigenvalue weighted by molar-refractivity contribution is 0.0262. The first-order valence-electron chi connectivity index (χ1n) is 11.2. The van der Waals surface area contributed by atoms with Gasteiger partial charge < -0.3 is 9.47 Å². The molecule has 0 spiro atoms. The summed E-state index contributed by atoms with van der Waals surface area (Å²) in [6, 6.07) is 8.27. The Balaban J connectivity index is 1.80. The van der Waals surface area contributed by atoms with Crippen LogP contribution in [-0.2, 0) is 11.3 Å². The second kappa shape index (κ2) is 13.8. The van der Waals surface area contributed by atoms with Gasteiger partial charge in [-0.1, -0.05) is 68.7 Å². The van der Waals surface area contributed by atoms with Crippen molar-refractivity contribution in [3.63, 3.8) is 0 Å². The van der Waals surface area contributed by atoms with E-state index < -0.39 is 0 Å². The Morgan fingerprint density at radius 2 is 1.44 bits per heavy atom. The Morgan fingerprint density at radius 3 is 2.15 bits per heavy atom. The van der Waals surface area contributed by atoms with E-state index in [1.54, 1.807) is 12.7 Å². The van der Waals surface area contributed by atoms with Gasteiger partial charge in [0, 0.05) is 0 Å². The Hall–Kier alpha value is -1.28. The minimum atomic E-state index is 0.407. The molecular weight excluding hydrogens is 332 g/mol. The Labute approximate surface area is 167 Å². The number of rotatable bonds is 4. The molecule has 2 rings (SSSR count). The average Bonchev–Trinajstić information content (AvgIpc) is 2.69. The van der Waals surface area contributed by atoms with Crippen molar-refractivity contribution in [3.05, 3.63) is 41.5 Å². The maximum atomic E-state index is 6.31. The van der Waals surface area contributed by atoms with Crippen molar-refractivity contribution in [2.45, 2.75) is 103 Å². The molecule has 0 aromatic heterocycles. The lowest BCUT2D eigenvalue weighted by Gasteiger charge is -2.18. The molecule has 0 aliphatic heterocycles. The summed E-state index contributed by atoms with van der Waals surface area (Å²) in [5.74, 6) is 0.909. The van der Waals surface area contributed by atoms with Crippen molar-refractivity contribution >= 4 is 0 Å². The van der Waals surface area contributed by atoms with Gasteiger partial charge in [0.2, 0.25) is 0 Å². The SMILES string of the molecule is COc1ccc(COC2CCCC/C=C(\C)CCCCCCCCC2)cc1. The predicted octanol–water partition coefficient (Wildman–Crippen LogP) is 7.61. The molecule has 152 valence electrons. The molecule has 0 amide bonds. The number of methoxy groups -OCH3 is 1. The third-order valence-corrected chi connectivity index (χ3v) is 5.71. The number of hydrogen-bond donors (Lipinski definition) is 0. The molecule has 0 fully saturated rings. The van der Waals surface area contributed by atoms with Crippen molar-refractivity contribution in [3.8, 4) is 5.75 Å². The van der Waals surface area contributed by atoms with Crippen LogP contribution in [0.15, 0.2) is 35.9 Å². The molecule has 0 radical (unpaired) electrons. The second-order valence-corrected chi connectivity index (χ2v) is 8.13. The van der Waals surface area contributed by atoms with Crippen molar-refractivity contribution < 1.29 is 9.47 Å². The molecular formula is C25H40O2. The fourth-order valence-corrected chi connectivity index (χ4v) is 3.87. The monoisotopic (exact) mass is 372 g/mol. The third kappa shape index (κ3) is 10.0. The van der Waals surface area contributed by atoms with Crippen LogP contribution >= 0.6 is 0 Å². The summed E-state index contributed by atoms with van der Waals surface area (Å²) in [5.41, 5.74) is 2.83. The van der Waals surface area contributed by atoms with Crippen LogP contribution < -0.4 is 4.74 Å². The van der Waals surface area contributed by atoms with E-state index in [9.17, 15) is 0 Å². The minimum absolute atomic E-state index is 0.407. The Morgan fingerprint density at radius 1 is 0.815 bits per heavy atom. The fraction of sp³-hybridized carbons (Fsp3) is 0.680. The molecule has 1 unspecified atom stereocenters. The highest BCUT2D eigenvalue weighted by Crippen LogP contribution is 2.20. The van der Waals surface area contributed by atoms with Crippen LogP contribution in [-0.4, -0.2) is 13.2 Å². The van der Waals surface area contributed by atoms with Gasteiger partial charge >= 0.3 is 0 Å². The highest BCUT2D eigenvalue weighted by molar-refractivity contribution is 5.26. The van der Waals surface area contributed by atoms with E-state index in [2.05, 4.69) is 25.1 Å². The minimum Gasteiger partial charge on any atom is -0.497 e. The Bertz CT molecular complexity index is 518. The van der Waals surface area contributed by atoms with Crippen LogP contribution in [0.5, 0.6) is 5.75 Å². The van der Waals surface area contributed by atoms with E-state index in [0.29, 0.717) is 12.7 Å². The molecule has 0 bridgehead atoms. The van der Waals surface area contributed by atoms with Gasteiger partial charge in [0.25, 0.3) is 0 Å². The molecule has 2 heteroatoms. The van der Waals surface area contributed by atoms with Gasteiger partial charge in [-0.05, 0) is 63.1 Å². The van der Waals surface area contributed by atoms with Gasteiger partial charge in [-0.3, -0.25) is 0 Å². The van der Waals surface area contributed by atoms with E-state index >= 15 is 0 Å². The summed E-state index contributed by atoms with van der Waals surface area (Å²) in [7, 11) is 1.71. The zero-order chi connectivity index (χ0) is 19.2. The van der Waals surface area contributed by atoms with E-state index in [0.717, 1.165) is 5.75 Å². The van der Waals surface area contributed by atoms with Crippen molar-refractivity contribution in [2.24, 2.45) is 0 Å². The molecule has 27 heavy (non-hydrogen) atoms. The molecule has 0 saturated heterocycles. The standard InChI is InChI=1S/C25H40O2/c1-22-13-9-6-4-3-5-7-11-15-25(16-12-8-10-14-22)27-21-23-17-19-24(26-2)20-18-23/h14,17-20,25H,3-13,15-16,21H2,1-2H3/b22-14+. The smallest absolute Gasteiger partial charge is 0.118 e. The molecule has 2 nitrogen and oxygen atoms in total. The van der Waals surface area contributed by atoms with Crippen molar-refractivity contribution in [2.75, 3.05) is 7.11 Å². The molecule has 1 aliphatic carbocycles. The van der Waals surface area contributed by atoms with E-state index in [1.807, 2.05) is 12.1 Å². The van der Waals surface area contributed by atoms with E-state index in [4.69, 9.17) is 9.47 Å². The lowest BCUT2D eigenvalue weighted by atomic mass is 10.00. The molecule has 1 atom stereocenters. The van der Waals surface area contributed by atoms with Crippen LogP contribution in [0.3, 0.4) is 0 Å². The Kier molecular flexibility index (Phi) is 11.3. The molecule has 1 aromatic rings. The summed E-state index contributed by atoms with van der Waals surface area (Å²) in [4.78, 5) is 0. The summed E-state index contributed by atoms with van der Waals surface area (Å²) < 4.78 is 11.6. The fourth-order valence-electron chi connectivity index (χ4n) is 3.87. The molecule has 1 aliphatic rings. The number of ether oxygens (including phenoxy) is 2. The van der Waals surface area contributed by atoms with E-state index in [-0.39, 0.29) is 0 Å². The number of benzene rings is 1. The van der Waals surface area contributed by atoms with Gasteiger partial charge in [-0.25, -0.2) is 0 Å². The molecule has 1 aromatic carbocycles. The van der Waals surface area contributed by atoms with E-state index in [1.165, 1.54) is 89.0 Å². The normalized spacial score (nSPS) is 23.3. The zero-order valence-corrected chi connectivity index (χ0v) is 17.7. The zero-order valence-electron chi connectivity index (χ0n) is 17.7. The van der Waals surface area contributed by atoms with Gasteiger partial charge in [0.1, 0.15) is 5.75 Å². The van der Waals surface area contributed by atoms with Gasteiger partial charge in [-0.2, -0.15) is 0 Å². The van der Waals surface area contributed by atoms with Crippen LogP contribution in [0.25, 0.3) is 0 Å². The van der Waals surface area contributed by atoms with Crippen molar-refractivity contribution in [1.29, 1.82) is 0 Å². The first-order chi connectivity index (χ1) is 13.3. The third-order valence-electron chi connectivity index (χ3n) is 5.71. The van der Waals surface area contributed by atoms with Gasteiger partial charge in [0.15, 0.2) is 0 Å². The highest BCUT2D eigenvalue weighted by atomic mass is 16.5. The largest absolute Gasteiger partial charge is 0.497 e. The summed E-state index contributed by atoms with van der Waals surface area (Å²) in [6.45, 7) is 3.03. The van der Waals surface area contributed by atoms with Crippen LogP contribution in [0, 0.1) is 0 Å². The van der Waals surface area contributed by atoms with Gasteiger partial charge in [-0.15, -0.1) is 0 Å². The number of hydrogen-bond acceptors (Lipinski definition) is 2. The highest BCUT2D eigenvalue weighted by Gasteiger charge is 2.10. The van der Waals surface area contributed by atoms with Crippen LogP contribution in [0.4, 0.5) is 0 Å². The van der Waals surface area contributed by atoms with Gasteiger partial charge in [0.05, 0.1) is 19.8 Å².